The van der Waals surface area contributed by atoms with Gasteiger partial charge in [-0.1, -0.05) is 0 Å². The molecule has 3 rings (SSSR count). The molecule has 1 aromatic carbocycles. The van der Waals surface area contributed by atoms with Crippen LogP contribution in [0.1, 0.15) is 20.7 Å². The fraction of sp³-hybridized carbons (Fsp3) is 0.133. The molecular weight excluding hydrogens is 391 g/mol. The van der Waals surface area contributed by atoms with Crippen LogP contribution in [0.2, 0.25) is 0 Å². The average molecular weight is 401 g/mol. The number of hydrogen-bond acceptors (Lipinski definition) is 6. The lowest BCUT2D eigenvalue weighted by atomic mass is 10.1. The average Bonchev–Trinajstić information content (AvgIpc) is 2.87. The third-order valence-corrected chi connectivity index (χ3v) is 4.77. The number of aromatic nitrogens is 1. The number of rotatable bonds is 5. The summed E-state index contributed by atoms with van der Waals surface area (Å²) in [5.41, 5.74) is -0.0425. The van der Waals surface area contributed by atoms with E-state index in [9.17, 15) is 31.2 Å². The zero-order valence-corrected chi connectivity index (χ0v) is 14.0. The maximum absolute atomic E-state index is 12.4. The van der Waals surface area contributed by atoms with Gasteiger partial charge in [-0.05, 0) is 24.3 Å². The number of nitrogens with one attached hydrogen (secondary N) is 2. The molecule has 8 nitrogen and oxygen atoms in total. The highest BCUT2D eigenvalue weighted by atomic mass is 32.2. The summed E-state index contributed by atoms with van der Waals surface area (Å²) in [5, 5.41) is 2.04. The molecule has 1 aromatic heterocycles. The van der Waals surface area contributed by atoms with Crippen molar-refractivity contribution in [1.82, 2.24) is 10.3 Å². The van der Waals surface area contributed by atoms with Crippen LogP contribution in [0.5, 0.6) is 5.88 Å². The molecule has 0 bridgehead atoms. The van der Waals surface area contributed by atoms with E-state index in [1.54, 1.807) is 0 Å². The standard InChI is InChI=1S/C15H10F3N3O5S/c16-15(17,18)7-26-12-4-1-8(6-19-12)21-27(24,25)9-2-3-10-11(5-9)14(23)20-13(10)22/h1-6,21H,7H2,(H,20,22,23). The molecule has 0 fully saturated rings. The highest BCUT2D eigenvalue weighted by molar-refractivity contribution is 7.92. The number of ether oxygens (including phenoxy) is 1. The van der Waals surface area contributed by atoms with E-state index in [1.807, 2.05) is 5.32 Å². The van der Waals surface area contributed by atoms with Gasteiger partial charge in [0.25, 0.3) is 21.8 Å². The number of hydrogen-bond donors (Lipinski definition) is 2. The predicted octanol–water partition coefficient (Wildman–Crippen LogP) is 1.71. The van der Waals surface area contributed by atoms with E-state index < -0.39 is 34.6 Å². The van der Waals surface area contributed by atoms with Crippen molar-refractivity contribution in [3.63, 3.8) is 0 Å². The quantitative estimate of drug-likeness (QED) is 0.738. The molecule has 27 heavy (non-hydrogen) atoms. The summed E-state index contributed by atoms with van der Waals surface area (Å²) >= 11 is 0. The molecule has 0 radical (unpaired) electrons. The van der Waals surface area contributed by atoms with Gasteiger partial charge in [0.2, 0.25) is 5.88 Å². The second kappa shape index (κ2) is 6.54. The summed E-state index contributed by atoms with van der Waals surface area (Å²) in [6, 6.07) is 5.63. The minimum absolute atomic E-state index is 0.0321. The molecule has 2 heterocycles. The fourth-order valence-corrected chi connectivity index (χ4v) is 3.28. The van der Waals surface area contributed by atoms with Crippen LogP contribution in [0.4, 0.5) is 18.9 Å². The molecule has 0 spiro atoms. The fourth-order valence-electron chi connectivity index (χ4n) is 2.21. The lowest BCUT2D eigenvalue weighted by molar-refractivity contribution is -0.154. The van der Waals surface area contributed by atoms with Gasteiger partial charge in [-0.3, -0.25) is 19.6 Å². The van der Waals surface area contributed by atoms with Gasteiger partial charge in [0.1, 0.15) is 0 Å². The van der Waals surface area contributed by atoms with E-state index in [-0.39, 0.29) is 27.6 Å². The van der Waals surface area contributed by atoms with E-state index in [2.05, 4.69) is 14.4 Å². The van der Waals surface area contributed by atoms with Crippen molar-refractivity contribution in [2.45, 2.75) is 11.1 Å². The smallest absolute Gasteiger partial charge is 0.422 e. The van der Waals surface area contributed by atoms with Crippen molar-refractivity contribution in [1.29, 1.82) is 0 Å². The monoisotopic (exact) mass is 401 g/mol. The molecule has 2 amide bonds. The van der Waals surface area contributed by atoms with Crippen molar-refractivity contribution < 1.29 is 35.9 Å². The molecule has 2 N–H and O–H groups in total. The number of sulfonamides is 1. The van der Waals surface area contributed by atoms with E-state index in [0.29, 0.717) is 0 Å². The Labute approximate surface area is 150 Å². The van der Waals surface area contributed by atoms with Gasteiger partial charge in [0, 0.05) is 6.07 Å². The van der Waals surface area contributed by atoms with Gasteiger partial charge >= 0.3 is 6.18 Å². The maximum atomic E-state index is 12.4. The first-order valence-electron chi connectivity index (χ1n) is 7.23. The number of benzene rings is 1. The van der Waals surface area contributed by atoms with Crippen LogP contribution in [0, 0.1) is 0 Å². The van der Waals surface area contributed by atoms with E-state index in [1.165, 1.54) is 12.1 Å². The highest BCUT2D eigenvalue weighted by Gasteiger charge is 2.29. The highest BCUT2D eigenvalue weighted by Crippen LogP contribution is 2.23. The number of amides is 2. The molecular formula is C15H10F3N3O5S. The summed E-state index contributed by atoms with van der Waals surface area (Å²) in [6.45, 7) is -1.53. The minimum Gasteiger partial charge on any atom is -0.468 e. The number of carbonyl (C=O) groups is 2. The summed E-state index contributed by atoms with van der Waals surface area (Å²) < 4.78 is 67.6. The predicted molar refractivity (Wildman–Crippen MR) is 84.8 cm³/mol. The Morgan fingerprint density at radius 2 is 1.78 bits per heavy atom. The van der Waals surface area contributed by atoms with Crippen molar-refractivity contribution >= 4 is 27.5 Å². The number of carbonyl (C=O) groups excluding carboxylic acids is 2. The first-order chi connectivity index (χ1) is 12.5. The Kier molecular flexibility index (Phi) is 4.51. The zero-order chi connectivity index (χ0) is 19.8. The summed E-state index contributed by atoms with van der Waals surface area (Å²) in [4.78, 5) is 26.4. The Morgan fingerprint density at radius 3 is 2.41 bits per heavy atom. The molecule has 142 valence electrons. The number of fused-ring (bicyclic) bond motifs is 1. The number of halogens is 3. The number of anilines is 1. The first-order valence-corrected chi connectivity index (χ1v) is 8.72. The van der Waals surface area contributed by atoms with Crippen LogP contribution in [0.15, 0.2) is 41.4 Å². The molecule has 0 unspecified atom stereocenters. The van der Waals surface area contributed by atoms with Crippen LogP contribution in [0.3, 0.4) is 0 Å². The van der Waals surface area contributed by atoms with Crippen molar-refractivity contribution in [3.8, 4) is 5.88 Å². The Hall–Kier alpha value is -3.15. The van der Waals surface area contributed by atoms with Gasteiger partial charge in [0.15, 0.2) is 6.61 Å². The molecule has 0 atom stereocenters. The Morgan fingerprint density at radius 1 is 1.07 bits per heavy atom. The molecule has 0 saturated carbocycles. The summed E-state index contributed by atoms with van der Waals surface area (Å²) in [7, 11) is -4.13. The van der Waals surface area contributed by atoms with Crippen molar-refractivity contribution in [3.05, 3.63) is 47.7 Å². The summed E-state index contributed by atoms with van der Waals surface area (Å²) in [5.74, 6) is -1.66. The van der Waals surface area contributed by atoms with Gasteiger partial charge in [-0.25, -0.2) is 13.4 Å². The van der Waals surface area contributed by atoms with Crippen molar-refractivity contribution in [2.24, 2.45) is 0 Å². The SMILES string of the molecule is O=C1NC(=O)c2cc(S(=O)(=O)Nc3ccc(OCC(F)(F)F)nc3)ccc21. The van der Waals surface area contributed by atoms with Crippen LogP contribution in [-0.2, 0) is 10.0 Å². The summed E-state index contributed by atoms with van der Waals surface area (Å²) in [6.07, 6.45) is -3.55. The van der Waals surface area contributed by atoms with Crippen LogP contribution in [0.25, 0.3) is 0 Å². The lowest BCUT2D eigenvalue weighted by Crippen LogP contribution is -2.20. The molecule has 1 aliphatic heterocycles. The largest absolute Gasteiger partial charge is 0.468 e. The van der Waals surface area contributed by atoms with Gasteiger partial charge in [-0.2, -0.15) is 13.2 Å². The molecule has 12 heteroatoms. The third kappa shape index (κ3) is 4.16. The number of alkyl halides is 3. The number of nitrogens with zero attached hydrogens (tertiary/aromatic N) is 1. The number of imide groups is 1. The van der Waals surface area contributed by atoms with E-state index in [0.717, 1.165) is 24.4 Å². The Bertz CT molecular complexity index is 1020. The first kappa shape index (κ1) is 18.6. The second-order valence-corrected chi connectivity index (χ2v) is 7.07. The molecule has 0 saturated heterocycles. The Balaban J connectivity index is 1.76. The van der Waals surface area contributed by atoms with E-state index >= 15 is 0 Å². The van der Waals surface area contributed by atoms with Gasteiger partial charge in [0.05, 0.1) is 27.9 Å². The van der Waals surface area contributed by atoms with Crippen molar-refractivity contribution in [2.75, 3.05) is 11.3 Å². The maximum Gasteiger partial charge on any atom is 0.422 e. The lowest BCUT2D eigenvalue weighted by Gasteiger charge is -2.10. The zero-order valence-electron chi connectivity index (χ0n) is 13.2. The van der Waals surface area contributed by atoms with Gasteiger partial charge in [-0.15, -0.1) is 0 Å². The minimum atomic E-state index is -4.52. The second-order valence-electron chi connectivity index (χ2n) is 5.39. The third-order valence-electron chi connectivity index (χ3n) is 3.39. The number of pyridine rings is 1. The van der Waals surface area contributed by atoms with Gasteiger partial charge < -0.3 is 4.74 Å². The topological polar surface area (TPSA) is 114 Å². The van der Waals surface area contributed by atoms with E-state index in [4.69, 9.17) is 0 Å². The molecule has 0 aliphatic carbocycles. The molecule has 1 aliphatic rings. The van der Waals surface area contributed by atoms with Crippen LogP contribution < -0.4 is 14.8 Å². The van der Waals surface area contributed by atoms with Crippen LogP contribution >= 0.6 is 0 Å². The van der Waals surface area contributed by atoms with Crippen LogP contribution in [-0.4, -0.2) is 38.0 Å². The normalized spacial score (nSPS) is 13.9. The molecule has 2 aromatic rings.